The molecule has 1 N–H and O–H groups in total. The van der Waals surface area contributed by atoms with Crippen molar-refractivity contribution in [2.24, 2.45) is 0 Å². The molecule has 0 amide bonds. The third-order valence-electron chi connectivity index (χ3n) is 4.07. The van der Waals surface area contributed by atoms with Crippen LogP contribution in [-0.4, -0.2) is 33.0 Å². The van der Waals surface area contributed by atoms with Crippen LogP contribution in [0.15, 0.2) is 35.5 Å². The van der Waals surface area contributed by atoms with Crippen molar-refractivity contribution in [3.63, 3.8) is 0 Å². The number of aromatic nitrogens is 5. The Balaban J connectivity index is 1.84. The topological polar surface area (TPSA) is 94.7 Å². The molecule has 27 heavy (non-hydrogen) atoms. The summed E-state index contributed by atoms with van der Waals surface area (Å²) in [7, 11) is -4.16. The van der Waals surface area contributed by atoms with Gasteiger partial charge in [-0.25, -0.2) is 22.5 Å². The maximum Gasteiger partial charge on any atom is 0.333 e. The van der Waals surface area contributed by atoms with E-state index < -0.39 is 16.6 Å². The van der Waals surface area contributed by atoms with Gasteiger partial charge in [0.1, 0.15) is 11.2 Å². The highest BCUT2D eigenvalue weighted by Crippen LogP contribution is 2.24. The summed E-state index contributed by atoms with van der Waals surface area (Å²) in [5.41, 5.74) is 1.90. The van der Waals surface area contributed by atoms with Crippen molar-refractivity contribution in [2.75, 3.05) is 4.72 Å². The fraction of sp³-hybridized carbons (Fsp3) is 0.312. The van der Waals surface area contributed by atoms with Crippen molar-refractivity contribution in [1.29, 1.82) is 0 Å². The molecule has 0 radical (unpaired) electrons. The maximum atomic E-state index is 12.9. The van der Waals surface area contributed by atoms with Crippen LogP contribution in [0.2, 0.25) is 0 Å². The third-order valence-corrected chi connectivity index (χ3v) is 5.65. The van der Waals surface area contributed by atoms with E-state index in [4.69, 9.17) is 0 Å². The zero-order valence-electron chi connectivity index (χ0n) is 14.9. The summed E-state index contributed by atoms with van der Waals surface area (Å²) in [6, 6.07) is 7.72. The second-order valence-corrected chi connectivity index (χ2v) is 7.64. The van der Waals surface area contributed by atoms with Crippen molar-refractivity contribution < 1.29 is 17.2 Å². The van der Waals surface area contributed by atoms with Gasteiger partial charge in [0.15, 0.2) is 0 Å². The number of nitrogens with zero attached hydrogens (tertiary/aromatic N) is 5. The number of halogens is 2. The van der Waals surface area contributed by atoms with E-state index in [-0.39, 0.29) is 22.2 Å². The Labute approximate surface area is 154 Å². The highest BCUT2D eigenvalue weighted by Gasteiger charge is 2.28. The normalized spacial score (nSPS) is 11.9. The molecule has 144 valence electrons. The lowest BCUT2D eigenvalue weighted by atomic mass is 10.1. The summed E-state index contributed by atoms with van der Waals surface area (Å²) in [5, 5.41) is 7.69. The molecule has 0 bridgehead atoms. The van der Waals surface area contributed by atoms with E-state index in [1.807, 2.05) is 31.2 Å². The fourth-order valence-electron chi connectivity index (χ4n) is 2.78. The van der Waals surface area contributed by atoms with Crippen LogP contribution in [0.25, 0.3) is 0 Å². The Morgan fingerprint density at radius 3 is 2.48 bits per heavy atom. The van der Waals surface area contributed by atoms with Gasteiger partial charge in [-0.15, -0.1) is 5.10 Å². The van der Waals surface area contributed by atoms with Gasteiger partial charge >= 0.3 is 6.55 Å². The molecule has 8 nitrogen and oxygen atoms in total. The zero-order valence-corrected chi connectivity index (χ0v) is 15.7. The Kier molecular flexibility index (Phi) is 4.96. The molecule has 0 saturated heterocycles. The first kappa shape index (κ1) is 19.0. The Morgan fingerprint density at radius 2 is 1.85 bits per heavy atom. The predicted octanol–water partition coefficient (Wildman–Crippen LogP) is 2.64. The second kappa shape index (κ2) is 7.06. The molecule has 2 aromatic heterocycles. The Morgan fingerprint density at radius 1 is 1.15 bits per heavy atom. The molecule has 0 atom stereocenters. The van der Waals surface area contributed by atoms with Gasteiger partial charge in [-0.3, -0.25) is 0 Å². The van der Waals surface area contributed by atoms with Gasteiger partial charge in [-0.2, -0.15) is 18.9 Å². The summed E-state index contributed by atoms with van der Waals surface area (Å²) < 4.78 is 55.2. The SMILES string of the molecule is Cc1ccccc1Cn1cnc(NS(=O)(=O)c2c(C)nn(C(F)F)c2C)n1. The van der Waals surface area contributed by atoms with E-state index in [9.17, 15) is 17.2 Å². The molecule has 0 saturated carbocycles. The lowest BCUT2D eigenvalue weighted by Gasteiger charge is -2.06. The highest BCUT2D eigenvalue weighted by molar-refractivity contribution is 7.92. The number of aryl methyl sites for hydroxylation is 2. The molecule has 1 aromatic carbocycles. The van der Waals surface area contributed by atoms with E-state index >= 15 is 0 Å². The number of nitrogens with one attached hydrogen (secondary N) is 1. The molecular weight excluding hydrogens is 378 g/mol. The summed E-state index contributed by atoms with van der Waals surface area (Å²) >= 11 is 0. The Bertz CT molecular complexity index is 1070. The molecule has 0 aliphatic carbocycles. The van der Waals surface area contributed by atoms with Crippen LogP contribution >= 0.6 is 0 Å². The quantitative estimate of drug-likeness (QED) is 0.691. The Hall–Kier alpha value is -2.82. The van der Waals surface area contributed by atoms with E-state index in [0.717, 1.165) is 11.1 Å². The number of sulfonamides is 1. The minimum Gasteiger partial charge on any atom is -0.246 e. The first-order valence-electron chi connectivity index (χ1n) is 7.99. The van der Waals surface area contributed by atoms with Crippen LogP contribution in [0, 0.1) is 20.8 Å². The molecule has 0 aliphatic rings. The van der Waals surface area contributed by atoms with E-state index in [2.05, 4.69) is 19.9 Å². The average molecular weight is 396 g/mol. The molecule has 3 rings (SSSR count). The number of hydrogen-bond donors (Lipinski definition) is 1. The minimum absolute atomic E-state index is 0.0281. The minimum atomic E-state index is -4.16. The van der Waals surface area contributed by atoms with Crippen molar-refractivity contribution in [2.45, 2.75) is 38.8 Å². The molecular formula is C16H18F2N6O2S. The van der Waals surface area contributed by atoms with Crippen LogP contribution in [0.3, 0.4) is 0 Å². The van der Waals surface area contributed by atoms with Gasteiger partial charge in [0.05, 0.1) is 17.9 Å². The van der Waals surface area contributed by atoms with E-state index in [0.29, 0.717) is 11.2 Å². The zero-order chi connectivity index (χ0) is 19.8. The first-order chi connectivity index (χ1) is 12.7. The number of benzene rings is 1. The fourth-order valence-corrected chi connectivity index (χ4v) is 4.13. The number of anilines is 1. The molecule has 0 unspecified atom stereocenters. The lowest BCUT2D eigenvalue weighted by Crippen LogP contribution is -2.16. The average Bonchev–Trinajstić information content (AvgIpc) is 3.13. The van der Waals surface area contributed by atoms with Crippen LogP contribution in [0.1, 0.15) is 29.1 Å². The van der Waals surface area contributed by atoms with Crippen LogP contribution in [0.5, 0.6) is 0 Å². The lowest BCUT2D eigenvalue weighted by molar-refractivity contribution is 0.0538. The van der Waals surface area contributed by atoms with Crippen molar-refractivity contribution in [1.82, 2.24) is 24.5 Å². The van der Waals surface area contributed by atoms with Crippen molar-refractivity contribution in [3.8, 4) is 0 Å². The maximum absolute atomic E-state index is 12.9. The van der Waals surface area contributed by atoms with Gasteiger partial charge in [0.2, 0.25) is 0 Å². The molecule has 3 aromatic rings. The van der Waals surface area contributed by atoms with Crippen molar-refractivity contribution in [3.05, 3.63) is 53.1 Å². The van der Waals surface area contributed by atoms with Gasteiger partial charge in [-0.05, 0) is 31.9 Å². The van der Waals surface area contributed by atoms with Crippen LogP contribution in [-0.2, 0) is 16.6 Å². The van der Waals surface area contributed by atoms with E-state index in [1.54, 1.807) is 0 Å². The van der Waals surface area contributed by atoms with Crippen LogP contribution < -0.4 is 4.72 Å². The summed E-state index contributed by atoms with van der Waals surface area (Å²) in [4.78, 5) is 3.63. The molecule has 2 heterocycles. The number of hydrogen-bond acceptors (Lipinski definition) is 5. The largest absolute Gasteiger partial charge is 0.333 e. The molecule has 0 aliphatic heterocycles. The summed E-state index contributed by atoms with van der Waals surface area (Å²) in [5.74, 6) is -0.146. The molecule has 0 spiro atoms. The summed E-state index contributed by atoms with van der Waals surface area (Å²) in [6.45, 7) is 2.07. The van der Waals surface area contributed by atoms with Gasteiger partial charge in [0, 0.05) is 0 Å². The smallest absolute Gasteiger partial charge is 0.246 e. The van der Waals surface area contributed by atoms with Gasteiger partial charge in [-0.1, -0.05) is 24.3 Å². The van der Waals surface area contributed by atoms with E-state index in [1.165, 1.54) is 24.9 Å². The molecule has 11 heteroatoms. The summed E-state index contributed by atoms with van der Waals surface area (Å²) in [6.07, 6.45) is 1.40. The number of rotatable bonds is 6. The van der Waals surface area contributed by atoms with Crippen LogP contribution in [0.4, 0.5) is 14.7 Å². The van der Waals surface area contributed by atoms with Crippen molar-refractivity contribution >= 4 is 16.0 Å². The molecule has 0 fully saturated rings. The first-order valence-corrected chi connectivity index (χ1v) is 9.48. The van der Waals surface area contributed by atoms with Gasteiger partial charge in [0.25, 0.3) is 16.0 Å². The highest BCUT2D eigenvalue weighted by atomic mass is 32.2. The van der Waals surface area contributed by atoms with Gasteiger partial charge < -0.3 is 0 Å². The standard InChI is InChI=1S/C16H18F2N6O2S/c1-10-6-4-5-7-13(10)8-23-9-19-16(21-23)22-27(25,26)14-11(2)20-24(12(14)3)15(17)18/h4-7,9,15H,8H2,1-3H3,(H,21,22). The monoisotopic (exact) mass is 396 g/mol. The second-order valence-electron chi connectivity index (χ2n) is 6.02. The third kappa shape index (κ3) is 3.82. The predicted molar refractivity (Wildman–Crippen MR) is 94.1 cm³/mol. The number of alkyl halides is 2.